The van der Waals surface area contributed by atoms with Gasteiger partial charge in [-0.1, -0.05) is 6.07 Å². The van der Waals surface area contributed by atoms with E-state index >= 15 is 0 Å². The molecule has 2 fully saturated rings. The summed E-state index contributed by atoms with van der Waals surface area (Å²) in [5.74, 6) is -0.386. The smallest absolute Gasteiger partial charge is 0.250 e. The predicted molar refractivity (Wildman–Crippen MR) is 86.0 cm³/mol. The average molecular weight is 329 g/mol. The molecule has 2 saturated heterocycles. The Labute approximate surface area is 140 Å². The van der Waals surface area contributed by atoms with Crippen LogP contribution in [0.15, 0.2) is 42.7 Å². The number of pyridine rings is 2. The summed E-state index contributed by atoms with van der Waals surface area (Å²) >= 11 is 0. The Morgan fingerprint density at radius 2 is 2.12 bits per heavy atom. The Morgan fingerprint density at radius 3 is 2.96 bits per heavy atom. The fourth-order valence-corrected chi connectivity index (χ4v) is 3.59. The van der Waals surface area contributed by atoms with Crippen LogP contribution in [0.4, 0.5) is 4.39 Å². The van der Waals surface area contributed by atoms with Gasteiger partial charge in [0.1, 0.15) is 12.2 Å². The lowest BCUT2D eigenvalue weighted by Gasteiger charge is -2.32. The molecule has 0 spiro atoms. The SMILES string of the molecule is Fc1cccnc1O[C@@H]1CN(Cc2ccccn2)[C@@H]2CCCO[C@@H]21. The first-order valence-electron chi connectivity index (χ1n) is 8.34. The third-order valence-electron chi connectivity index (χ3n) is 4.66. The van der Waals surface area contributed by atoms with Crippen molar-refractivity contribution in [1.29, 1.82) is 0 Å². The molecule has 0 saturated carbocycles. The first-order valence-corrected chi connectivity index (χ1v) is 8.34. The van der Waals surface area contributed by atoms with Gasteiger partial charge in [0.05, 0.1) is 5.69 Å². The van der Waals surface area contributed by atoms with Gasteiger partial charge in [-0.05, 0) is 37.1 Å². The monoisotopic (exact) mass is 329 g/mol. The zero-order valence-corrected chi connectivity index (χ0v) is 13.3. The highest BCUT2D eigenvalue weighted by molar-refractivity contribution is 5.15. The second-order valence-electron chi connectivity index (χ2n) is 6.24. The molecule has 0 aliphatic carbocycles. The van der Waals surface area contributed by atoms with Crippen LogP contribution in [0.1, 0.15) is 18.5 Å². The normalized spacial score (nSPS) is 27.0. The van der Waals surface area contributed by atoms with Crippen LogP contribution in [0, 0.1) is 5.82 Å². The van der Waals surface area contributed by atoms with Crippen molar-refractivity contribution in [3.8, 4) is 5.88 Å². The van der Waals surface area contributed by atoms with E-state index in [1.165, 1.54) is 12.3 Å². The number of likely N-dealkylation sites (tertiary alicyclic amines) is 1. The molecule has 24 heavy (non-hydrogen) atoms. The number of rotatable bonds is 4. The first-order chi connectivity index (χ1) is 11.8. The highest BCUT2D eigenvalue weighted by Gasteiger charge is 2.45. The second kappa shape index (κ2) is 6.83. The zero-order valence-electron chi connectivity index (χ0n) is 13.3. The summed E-state index contributed by atoms with van der Waals surface area (Å²) in [6.45, 7) is 2.15. The van der Waals surface area contributed by atoms with Crippen LogP contribution >= 0.6 is 0 Å². The summed E-state index contributed by atoms with van der Waals surface area (Å²) in [4.78, 5) is 10.7. The molecule has 0 bridgehead atoms. The lowest BCUT2D eigenvalue weighted by atomic mass is 10.0. The minimum atomic E-state index is -0.437. The largest absolute Gasteiger partial charge is 0.468 e. The lowest BCUT2D eigenvalue weighted by Crippen LogP contribution is -2.42. The van der Waals surface area contributed by atoms with Gasteiger partial charge in [-0.3, -0.25) is 9.88 Å². The van der Waals surface area contributed by atoms with E-state index in [9.17, 15) is 4.39 Å². The van der Waals surface area contributed by atoms with Crippen molar-refractivity contribution in [3.63, 3.8) is 0 Å². The van der Waals surface area contributed by atoms with Crippen LogP contribution in [0.3, 0.4) is 0 Å². The molecule has 0 N–H and O–H groups in total. The molecule has 126 valence electrons. The summed E-state index contributed by atoms with van der Waals surface area (Å²) < 4.78 is 25.7. The van der Waals surface area contributed by atoms with E-state index in [0.29, 0.717) is 6.54 Å². The molecule has 2 aliphatic rings. The topological polar surface area (TPSA) is 47.5 Å². The van der Waals surface area contributed by atoms with Crippen molar-refractivity contribution < 1.29 is 13.9 Å². The Hall–Kier alpha value is -2.05. The van der Waals surface area contributed by atoms with Gasteiger partial charge in [-0.15, -0.1) is 0 Å². The third kappa shape index (κ3) is 3.12. The van der Waals surface area contributed by atoms with E-state index in [1.54, 1.807) is 12.3 Å². The van der Waals surface area contributed by atoms with Gasteiger partial charge in [-0.25, -0.2) is 9.37 Å². The average Bonchev–Trinajstić information content (AvgIpc) is 2.96. The van der Waals surface area contributed by atoms with Gasteiger partial charge in [0.15, 0.2) is 5.82 Å². The van der Waals surface area contributed by atoms with Gasteiger partial charge in [0.2, 0.25) is 0 Å². The van der Waals surface area contributed by atoms with Crippen LogP contribution in [0.5, 0.6) is 5.88 Å². The number of hydrogen-bond acceptors (Lipinski definition) is 5. The van der Waals surface area contributed by atoms with E-state index in [4.69, 9.17) is 9.47 Å². The van der Waals surface area contributed by atoms with Gasteiger partial charge in [-0.2, -0.15) is 0 Å². The van der Waals surface area contributed by atoms with Crippen LogP contribution < -0.4 is 4.74 Å². The van der Waals surface area contributed by atoms with E-state index in [1.807, 2.05) is 18.2 Å². The van der Waals surface area contributed by atoms with Gasteiger partial charge < -0.3 is 9.47 Å². The van der Waals surface area contributed by atoms with Gasteiger partial charge in [0, 0.05) is 38.1 Å². The minimum absolute atomic E-state index is 0.0510. The molecule has 2 aromatic heterocycles. The molecule has 0 aromatic carbocycles. The fraction of sp³-hybridized carbons (Fsp3) is 0.444. The summed E-state index contributed by atoms with van der Waals surface area (Å²) in [7, 11) is 0. The van der Waals surface area contributed by atoms with Crippen molar-refractivity contribution in [1.82, 2.24) is 14.9 Å². The van der Waals surface area contributed by atoms with Gasteiger partial charge >= 0.3 is 0 Å². The summed E-state index contributed by atoms with van der Waals surface area (Å²) in [6, 6.07) is 9.12. The summed E-state index contributed by atoms with van der Waals surface area (Å²) in [5.41, 5.74) is 1.02. The standard InChI is InChI=1S/C18H20FN3O2/c19-14-6-3-9-21-18(14)24-16-12-22(11-13-5-1-2-8-20-13)15-7-4-10-23-17(15)16/h1-3,5-6,8-9,15-17H,4,7,10-12H2/t15-,16-,17+/m1/s1. The highest BCUT2D eigenvalue weighted by atomic mass is 19.1. The number of halogens is 1. The van der Waals surface area contributed by atoms with E-state index in [-0.39, 0.29) is 24.1 Å². The molecule has 2 aliphatic heterocycles. The van der Waals surface area contributed by atoms with Crippen molar-refractivity contribution in [2.45, 2.75) is 37.6 Å². The minimum Gasteiger partial charge on any atom is -0.468 e. The number of hydrogen-bond donors (Lipinski definition) is 0. The van der Waals surface area contributed by atoms with E-state index in [2.05, 4.69) is 14.9 Å². The second-order valence-corrected chi connectivity index (χ2v) is 6.24. The molecule has 2 aromatic rings. The highest BCUT2D eigenvalue weighted by Crippen LogP contribution is 2.32. The molecule has 0 amide bonds. The van der Waals surface area contributed by atoms with Crippen LogP contribution in [-0.4, -0.2) is 46.3 Å². The Kier molecular flexibility index (Phi) is 4.40. The molecular weight excluding hydrogens is 309 g/mol. The van der Waals surface area contributed by atoms with Crippen LogP contribution in [0.25, 0.3) is 0 Å². The predicted octanol–water partition coefficient (Wildman–Crippen LogP) is 2.43. The number of fused-ring (bicyclic) bond motifs is 1. The van der Waals surface area contributed by atoms with E-state index in [0.717, 1.165) is 31.7 Å². The maximum Gasteiger partial charge on any atom is 0.250 e. The quantitative estimate of drug-likeness (QED) is 0.862. The van der Waals surface area contributed by atoms with Crippen LogP contribution in [0.2, 0.25) is 0 Å². The third-order valence-corrected chi connectivity index (χ3v) is 4.66. The van der Waals surface area contributed by atoms with Crippen molar-refractivity contribution in [3.05, 3.63) is 54.2 Å². The molecule has 4 heterocycles. The molecule has 0 unspecified atom stereocenters. The van der Waals surface area contributed by atoms with Crippen LogP contribution in [-0.2, 0) is 11.3 Å². The number of nitrogens with zero attached hydrogens (tertiary/aromatic N) is 3. The molecule has 4 rings (SSSR count). The molecule has 3 atom stereocenters. The Bertz CT molecular complexity index is 685. The summed E-state index contributed by atoms with van der Waals surface area (Å²) in [6.07, 6.45) is 5.16. The molecule has 5 nitrogen and oxygen atoms in total. The van der Waals surface area contributed by atoms with Gasteiger partial charge in [0.25, 0.3) is 5.88 Å². The summed E-state index contributed by atoms with van der Waals surface area (Å²) in [5, 5.41) is 0. The molecule has 6 heteroatoms. The number of aromatic nitrogens is 2. The molecule has 0 radical (unpaired) electrons. The maximum atomic E-state index is 13.9. The van der Waals surface area contributed by atoms with Crippen molar-refractivity contribution in [2.24, 2.45) is 0 Å². The fourth-order valence-electron chi connectivity index (χ4n) is 3.59. The van der Waals surface area contributed by atoms with Crippen molar-refractivity contribution >= 4 is 0 Å². The first kappa shape index (κ1) is 15.5. The lowest BCUT2D eigenvalue weighted by molar-refractivity contribution is -0.0487. The maximum absolute atomic E-state index is 13.9. The van der Waals surface area contributed by atoms with E-state index < -0.39 is 5.82 Å². The van der Waals surface area contributed by atoms with Crippen molar-refractivity contribution in [2.75, 3.05) is 13.2 Å². The Morgan fingerprint density at radius 1 is 1.21 bits per heavy atom. The molecular formula is C18H20FN3O2. The Balaban J connectivity index is 1.52. The zero-order chi connectivity index (χ0) is 16.4. The number of ether oxygens (including phenoxy) is 2.